The number of aryl methyl sites for hydroxylation is 1. The molecule has 0 saturated heterocycles. The lowest BCUT2D eigenvalue weighted by molar-refractivity contribution is 0.0947. The summed E-state index contributed by atoms with van der Waals surface area (Å²) in [6, 6.07) is 9.48. The first-order valence-corrected chi connectivity index (χ1v) is 7.21. The molecule has 0 atom stereocenters. The zero-order valence-corrected chi connectivity index (χ0v) is 12.1. The highest BCUT2D eigenvalue weighted by atomic mass is 32.1. The largest absolute Gasteiger partial charge is 0.346 e. The van der Waals surface area contributed by atoms with Crippen LogP contribution in [0.25, 0.3) is 11.3 Å². The molecular weight excluding hydrogens is 286 g/mol. The average molecular weight is 299 g/mol. The van der Waals surface area contributed by atoms with Crippen molar-refractivity contribution < 1.29 is 4.79 Å². The Morgan fingerprint density at radius 2 is 2.10 bits per heavy atom. The van der Waals surface area contributed by atoms with Crippen LogP contribution in [0, 0.1) is 6.92 Å². The topological polar surface area (TPSA) is 83.6 Å². The van der Waals surface area contributed by atoms with E-state index in [0.717, 1.165) is 15.4 Å². The summed E-state index contributed by atoms with van der Waals surface area (Å²) in [6.07, 6.45) is 1.77. The summed E-state index contributed by atoms with van der Waals surface area (Å²) >= 11 is 1.56. The fourth-order valence-corrected chi connectivity index (χ4v) is 2.66. The van der Waals surface area contributed by atoms with Crippen molar-refractivity contribution in [3.63, 3.8) is 0 Å². The third-order valence-electron chi connectivity index (χ3n) is 2.90. The number of thiazole rings is 1. The average Bonchev–Trinajstić information content (AvgIpc) is 3.14. The number of carbonyl (C=O) groups excluding carboxylic acids is 1. The molecule has 0 radical (unpaired) electrons. The van der Waals surface area contributed by atoms with Crippen LogP contribution < -0.4 is 5.32 Å². The van der Waals surface area contributed by atoms with Gasteiger partial charge in [-0.3, -0.25) is 4.79 Å². The van der Waals surface area contributed by atoms with E-state index in [0.29, 0.717) is 17.9 Å². The van der Waals surface area contributed by atoms with Gasteiger partial charge in [-0.05, 0) is 6.92 Å². The van der Waals surface area contributed by atoms with Crippen LogP contribution in [0.1, 0.15) is 20.4 Å². The number of hydrogen-bond acceptors (Lipinski definition) is 5. The third kappa shape index (κ3) is 2.97. The van der Waals surface area contributed by atoms with Gasteiger partial charge in [-0.25, -0.2) is 4.98 Å². The predicted molar refractivity (Wildman–Crippen MR) is 79.8 cm³/mol. The van der Waals surface area contributed by atoms with Crippen molar-refractivity contribution in [1.82, 2.24) is 25.7 Å². The number of nitrogens with zero attached hydrogens (tertiary/aromatic N) is 3. The fraction of sp³-hybridized carbons (Fsp3) is 0.143. The number of aromatic amines is 1. The molecule has 2 heterocycles. The molecule has 0 fully saturated rings. The Labute approximate surface area is 125 Å². The minimum absolute atomic E-state index is 0.256. The van der Waals surface area contributed by atoms with Crippen LogP contribution in [0.15, 0.2) is 36.5 Å². The zero-order valence-electron chi connectivity index (χ0n) is 11.3. The minimum atomic E-state index is -0.256. The van der Waals surface area contributed by atoms with E-state index >= 15 is 0 Å². The molecule has 6 nitrogen and oxygen atoms in total. The molecule has 21 heavy (non-hydrogen) atoms. The van der Waals surface area contributed by atoms with E-state index in [1.165, 1.54) is 0 Å². The Morgan fingerprint density at radius 3 is 2.81 bits per heavy atom. The van der Waals surface area contributed by atoms with Crippen LogP contribution in [0.2, 0.25) is 0 Å². The number of nitrogens with one attached hydrogen (secondary N) is 2. The standard InChI is InChI=1S/C14H13N5OS/c1-9-15-7-11(21-9)8-16-14(20)13-12(17-19-18-13)10-5-3-2-4-6-10/h2-7H,8H2,1H3,(H,16,20)(H,17,18,19). The monoisotopic (exact) mass is 299 g/mol. The molecule has 0 aliphatic carbocycles. The van der Waals surface area contributed by atoms with Gasteiger partial charge in [-0.15, -0.1) is 11.3 Å². The van der Waals surface area contributed by atoms with E-state index < -0.39 is 0 Å². The molecule has 0 saturated carbocycles. The lowest BCUT2D eigenvalue weighted by Crippen LogP contribution is -2.23. The summed E-state index contributed by atoms with van der Waals surface area (Å²) in [5.74, 6) is -0.256. The van der Waals surface area contributed by atoms with Crippen molar-refractivity contribution in [3.05, 3.63) is 52.1 Å². The van der Waals surface area contributed by atoms with Gasteiger partial charge in [0.2, 0.25) is 0 Å². The summed E-state index contributed by atoms with van der Waals surface area (Å²) in [7, 11) is 0. The maximum absolute atomic E-state index is 12.2. The summed E-state index contributed by atoms with van der Waals surface area (Å²) in [5.41, 5.74) is 1.70. The van der Waals surface area contributed by atoms with Crippen molar-refractivity contribution >= 4 is 17.2 Å². The minimum Gasteiger partial charge on any atom is -0.346 e. The van der Waals surface area contributed by atoms with Gasteiger partial charge in [0.1, 0.15) is 5.69 Å². The number of amides is 1. The lowest BCUT2D eigenvalue weighted by atomic mass is 10.1. The van der Waals surface area contributed by atoms with Crippen molar-refractivity contribution in [2.75, 3.05) is 0 Å². The first-order chi connectivity index (χ1) is 10.2. The first kappa shape index (κ1) is 13.4. The van der Waals surface area contributed by atoms with E-state index in [9.17, 15) is 4.79 Å². The van der Waals surface area contributed by atoms with E-state index in [-0.39, 0.29) is 5.91 Å². The van der Waals surface area contributed by atoms with Gasteiger partial charge in [0.05, 0.1) is 11.6 Å². The number of aromatic nitrogens is 4. The summed E-state index contributed by atoms with van der Waals surface area (Å²) < 4.78 is 0. The zero-order chi connectivity index (χ0) is 14.7. The molecule has 2 N–H and O–H groups in total. The van der Waals surface area contributed by atoms with Crippen LogP contribution in [0.4, 0.5) is 0 Å². The second kappa shape index (κ2) is 5.84. The molecular formula is C14H13N5OS. The van der Waals surface area contributed by atoms with Crippen molar-refractivity contribution in [1.29, 1.82) is 0 Å². The third-order valence-corrected chi connectivity index (χ3v) is 3.82. The van der Waals surface area contributed by atoms with Crippen molar-refractivity contribution in [2.45, 2.75) is 13.5 Å². The maximum atomic E-state index is 12.2. The van der Waals surface area contributed by atoms with Gasteiger partial charge in [-0.2, -0.15) is 15.4 Å². The van der Waals surface area contributed by atoms with Gasteiger partial charge < -0.3 is 5.32 Å². The van der Waals surface area contributed by atoms with Gasteiger partial charge in [0.15, 0.2) is 5.69 Å². The summed E-state index contributed by atoms with van der Waals surface area (Å²) in [5, 5.41) is 14.3. The maximum Gasteiger partial charge on any atom is 0.274 e. The molecule has 0 unspecified atom stereocenters. The Hall–Kier alpha value is -2.54. The molecule has 0 aliphatic heterocycles. The normalized spacial score (nSPS) is 10.5. The van der Waals surface area contributed by atoms with E-state index in [4.69, 9.17) is 0 Å². The molecule has 3 aromatic rings. The Kier molecular flexibility index (Phi) is 3.74. The van der Waals surface area contributed by atoms with E-state index in [1.807, 2.05) is 37.3 Å². The SMILES string of the molecule is Cc1ncc(CNC(=O)c2n[nH]nc2-c2ccccc2)s1. The summed E-state index contributed by atoms with van der Waals surface area (Å²) in [4.78, 5) is 17.4. The van der Waals surface area contributed by atoms with E-state index in [1.54, 1.807) is 17.5 Å². The van der Waals surface area contributed by atoms with Crippen molar-refractivity contribution in [3.8, 4) is 11.3 Å². The second-order valence-electron chi connectivity index (χ2n) is 4.42. The molecule has 0 bridgehead atoms. The van der Waals surface area contributed by atoms with Crippen LogP contribution in [-0.4, -0.2) is 26.3 Å². The molecule has 2 aromatic heterocycles. The molecule has 0 aliphatic rings. The molecule has 1 amide bonds. The molecule has 7 heteroatoms. The fourth-order valence-electron chi connectivity index (χ4n) is 1.92. The molecule has 1 aromatic carbocycles. The second-order valence-corrected chi connectivity index (χ2v) is 5.73. The lowest BCUT2D eigenvalue weighted by Gasteiger charge is -2.02. The smallest absolute Gasteiger partial charge is 0.274 e. The number of hydrogen-bond donors (Lipinski definition) is 2. The first-order valence-electron chi connectivity index (χ1n) is 6.40. The molecule has 0 spiro atoms. The van der Waals surface area contributed by atoms with Crippen LogP contribution >= 0.6 is 11.3 Å². The van der Waals surface area contributed by atoms with Gasteiger partial charge in [0, 0.05) is 16.6 Å². The Bertz CT molecular complexity index is 750. The van der Waals surface area contributed by atoms with Crippen LogP contribution in [-0.2, 0) is 6.54 Å². The van der Waals surface area contributed by atoms with Crippen LogP contribution in [0.5, 0.6) is 0 Å². The highest BCUT2D eigenvalue weighted by Gasteiger charge is 2.17. The molecule has 106 valence electrons. The summed E-state index contributed by atoms with van der Waals surface area (Å²) in [6.45, 7) is 2.37. The van der Waals surface area contributed by atoms with Gasteiger partial charge >= 0.3 is 0 Å². The van der Waals surface area contributed by atoms with E-state index in [2.05, 4.69) is 25.7 Å². The predicted octanol–water partition coefficient (Wildman–Crippen LogP) is 2.17. The van der Waals surface area contributed by atoms with Gasteiger partial charge in [-0.1, -0.05) is 30.3 Å². The van der Waals surface area contributed by atoms with Crippen molar-refractivity contribution in [2.24, 2.45) is 0 Å². The number of benzene rings is 1. The highest BCUT2D eigenvalue weighted by Crippen LogP contribution is 2.19. The number of rotatable bonds is 4. The highest BCUT2D eigenvalue weighted by molar-refractivity contribution is 7.11. The number of H-pyrrole nitrogens is 1. The Balaban J connectivity index is 1.75. The Morgan fingerprint density at radius 1 is 1.29 bits per heavy atom. The van der Waals surface area contributed by atoms with Gasteiger partial charge in [0.25, 0.3) is 5.91 Å². The quantitative estimate of drug-likeness (QED) is 0.773. The molecule has 3 rings (SSSR count). The van der Waals surface area contributed by atoms with Crippen LogP contribution in [0.3, 0.4) is 0 Å². The number of carbonyl (C=O) groups is 1.